The van der Waals surface area contributed by atoms with Gasteiger partial charge in [-0.1, -0.05) is 41.4 Å². The quantitative estimate of drug-likeness (QED) is 0.811. The number of carbonyl (C=O) groups excluding carboxylic acids is 1. The summed E-state index contributed by atoms with van der Waals surface area (Å²) < 4.78 is 0. The van der Waals surface area contributed by atoms with Gasteiger partial charge in [-0.3, -0.25) is 9.59 Å². The molecule has 0 radical (unpaired) electrons. The summed E-state index contributed by atoms with van der Waals surface area (Å²) in [6.45, 7) is 1.84. The molecule has 0 aromatic heterocycles. The predicted octanol–water partition coefficient (Wildman–Crippen LogP) is 3.69. The molecule has 0 aliphatic heterocycles. The summed E-state index contributed by atoms with van der Waals surface area (Å²) in [5, 5.41) is 13.2. The van der Waals surface area contributed by atoms with Crippen molar-refractivity contribution < 1.29 is 14.7 Å². The first kappa shape index (κ1) is 16.3. The fraction of sp³-hybridized carbons (Fsp3) is 0.412. The molecule has 5 atom stereocenters. The second-order valence-corrected chi connectivity index (χ2v) is 7.06. The van der Waals surface area contributed by atoms with E-state index in [4.69, 9.17) is 23.2 Å². The average Bonchev–Trinajstić information content (AvgIpc) is 3.10. The normalized spacial score (nSPS) is 29.5. The zero-order valence-electron chi connectivity index (χ0n) is 12.5. The standard InChI is InChI=1S/C17H17Cl2NO3/c1-8(9-4-5-12(18)13(19)7-9)20-16(21)14-10-2-3-11(6-10)15(14)17(22)23/h2-5,7-8,10-11,14-15H,6H2,1H3,(H,20,21)(H,22,23). The second-order valence-electron chi connectivity index (χ2n) is 6.24. The maximum absolute atomic E-state index is 12.6. The summed E-state index contributed by atoms with van der Waals surface area (Å²) in [7, 11) is 0. The van der Waals surface area contributed by atoms with Crippen LogP contribution >= 0.6 is 23.2 Å². The van der Waals surface area contributed by atoms with Gasteiger partial charge in [0.15, 0.2) is 0 Å². The highest BCUT2D eigenvalue weighted by atomic mass is 35.5. The highest BCUT2D eigenvalue weighted by Gasteiger charge is 2.51. The third-order valence-electron chi connectivity index (χ3n) is 4.85. The lowest BCUT2D eigenvalue weighted by molar-refractivity contribution is -0.148. The molecule has 1 amide bonds. The van der Waals surface area contributed by atoms with Crippen LogP contribution in [0.4, 0.5) is 0 Å². The number of carbonyl (C=O) groups is 2. The Morgan fingerprint density at radius 3 is 2.43 bits per heavy atom. The van der Waals surface area contributed by atoms with E-state index < -0.39 is 17.8 Å². The first-order chi connectivity index (χ1) is 10.9. The number of halogens is 2. The van der Waals surface area contributed by atoms with E-state index in [1.54, 1.807) is 18.2 Å². The lowest BCUT2D eigenvalue weighted by atomic mass is 9.82. The smallest absolute Gasteiger partial charge is 0.307 e. The molecule has 1 fully saturated rings. The first-order valence-corrected chi connectivity index (χ1v) is 8.30. The molecule has 6 heteroatoms. The predicted molar refractivity (Wildman–Crippen MR) is 88.4 cm³/mol. The number of rotatable bonds is 4. The maximum Gasteiger partial charge on any atom is 0.307 e. The Labute approximate surface area is 144 Å². The molecule has 5 unspecified atom stereocenters. The van der Waals surface area contributed by atoms with Gasteiger partial charge in [-0.05, 0) is 42.9 Å². The molecule has 122 valence electrons. The molecule has 2 bridgehead atoms. The summed E-state index contributed by atoms with van der Waals surface area (Å²) in [6, 6.07) is 4.93. The summed E-state index contributed by atoms with van der Waals surface area (Å²) in [5.74, 6) is -2.27. The van der Waals surface area contributed by atoms with Crippen LogP contribution in [0.2, 0.25) is 10.0 Å². The molecule has 1 aromatic carbocycles. The number of benzene rings is 1. The van der Waals surface area contributed by atoms with Gasteiger partial charge in [-0.2, -0.15) is 0 Å². The van der Waals surface area contributed by atoms with Gasteiger partial charge in [0, 0.05) is 0 Å². The first-order valence-electron chi connectivity index (χ1n) is 7.55. The van der Waals surface area contributed by atoms with E-state index in [1.807, 2.05) is 19.1 Å². The van der Waals surface area contributed by atoms with Crippen molar-refractivity contribution in [3.8, 4) is 0 Å². The van der Waals surface area contributed by atoms with Gasteiger partial charge in [-0.25, -0.2) is 0 Å². The molecule has 2 N–H and O–H groups in total. The van der Waals surface area contributed by atoms with Crippen molar-refractivity contribution in [1.82, 2.24) is 5.32 Å². The van der Waals surface area contributed by atoms with Crippen molar-refractivity contribution in [2.45, 2.75) is 19.4 Å². The van der Waals surface area contributed by atoms with Crippen LogP contribution in [-0.4, -0.2) is 17.0 Å². The topological polar surface area (TPSA) is 66.4 Å². The molecule has 1 aromatic rings. The average molecular weight is 354 g/mol. The van der Waals surface area contributed by atoms with E-state index >= 15 is 0 Å². The van der Waals surface area contributed by atoms with Crippen LogP contribution in [0.15, 0.2) is 30.4 Å². The van der Waals surface area contributed by atoms with Crippen molar-refractivity contribution in [3.05, 3.63) is 46.0 Å². The van der Waals surface area contributed by atoms with Gasteiger partial charge >= 0.3 is 5.97 Å². The molecule has 2 aliphatic rings. The Bertz CT molecular complexity index is 688. The Hall–Kier alpha value is -1.52. The Balaban J connectivity index is 1.74. The van der Waals surface area contributed by atoms with Crippen LogP contribution in [0.1, 0.15) is 24.9 Å². The lowest BCUT2D eigenvalue weighted by Gasteiger charge is -2.26. The summed E-state index contributed by atoms with van der Waals surface area (Å²) in [5.41, 5.74) is 0.832. The summed E-state index contributed by atoms with van der Waals surface area (Å²) in [6.07, 6.45) is 4.64. The number of hydrogen-bond donors (Lipinski definition) is 2. The lowest BCUT2D eigenvalue weighted by Crippen LogP contribution is -2.41. The zero-order chi connectivity index (χ0) is 16.7. The molecular formula is C17H17Cl2NO3. The van der Waals surface area contributed by atoms with Crippen LogP contribution in [0.3, 0.4) is 0 Å². The number of hydrogen-bond acceptors (Lipinski definition) is 2. The largest absolute Gasteiger partial charge is 0.481 e. The molecule has 4 nitrogen and oxygen atoms in total. The number of amides is 1. The van der Waals surface area contributed by atoms with Crippen molar-refractivity contribution in [3.63, 3.8) is 0 Å². The summed E-state index contributed by atoms with van der Waals surface area (Å²) in [4.78, 5) is 24.1. The van der Waals surface area contributed by atoms with Gasteiger partial charge < -0.3 is 10.4 Å². The summed E-state index contributed by atoms with van der Waals surface area (Å²) >= 11 is 11.9. The zero-order valence-corrected chi connectivity index (χ0v) is 14.0. The van der Waals surface area contributed by atoms with Crippen molar-refractivity contribution in [1.29, 1.82) is 0 Å². The number of allylic oxidation sites excluding steroid dienone is 2. The van der Waals surface area contributed by atoms with Gasteiger partial charge in [0.05, 0.1) is 27.9 Å². The molecule has 0 saturated heterocycles. The molecule has 1 saturated carbocycles. The van der Waals surface area contributed by atoms with Crippen molar-refractivity contribution >= 4 is 35.1 Å². The highest BCUT2D eigenvalue weighted by molar-refractivity contribution is 6.42. The van der Waals surface area contributed by atoms with Crippen LogP contribution in [-0.2, 0) is 9.59 Å². The van der Waals surface area contributed by atoms with E-state index in [-0.39, 0.29) is 23.8 Å². The van der Waals surface area contributed by atoms with E-state index in [2.05, 4.69) is 5.32 Å². The number of fused-ring (bicyclic) bond motifs is 2. The minimum Gasteiger partial charge on any atom is -0.481 e. The Morgan fingerprint density at radius 1 is 1.17 bits per heavy atom. The number of nitrogens with one attached hydrogen (secondary N) is 1. The maximum atomic E-state index is 12.6. The third-order valence-corrected chi connectivity index (χ3v) is 5.59. The fourth-order valence-corrected chi connectivity index (χ4v) is 4.00. The van der Waals surface area contributed by atoms with Crippen LogP contribution in [0.25, 0.3) is 0 Å². The van der Waals surface area contributed by atoms with Gasteiger partial charge in [0.1, 0.15) is 0 Å². The Kier molecular flexibility index (Phi) is 4.39. The number of aliphatic carboxylic acids is 1. The van der Waals surface area contributed by atoms with Gasteiger partial charge in [0.25, 0.3) is 0 Å². The van der Waals surface area contributed by atoms with Gasteiger partial charge in [0.2, 0.25) is 5.91 Å². The third kappa shape index (κ3) is 2.98. The SMILES string of the molecule is CC(NC(=O)C1C2C=CC(C2)C1C(=O)O)c1ccc(Cl)c(Cl)c1. The van der Waals surface area contributed by atoms with Crippen molar-refractivity contribution in [2.75, 3.05) is 0 Å². The number of carboxylic acid groups (broad SMARTS) is 1. The second kappa shape index (κ2) is 6.17. The molecule has 3 rings (SSSR count). The van der Waals surface area contributed by atoms with E-state index in [1.165, 1.54) is 0 Å². The molecular weight excluding hydrogens is 337 g/mol. The molecule has 0 heterocycles. The van der Waals surface area contributed by atoms with E-state index in [9.17, 15) is 14.7 Å². The molecule has 0 spiro atoms. The monoisotopic (exact) mass is 353 g/mol. The Morgan fingerprint density at radius 2 is 1.83 bits per heavy atom. The minimum atomic E-state index is -0.899. The van der Waals surface area contributed by atoms with E-state index in [0.717, 1.165) is 12.0 Å². The minimum absolute atomic E-state index is 0.0158. The fourth-order valence-electron chi connectivity index (χ4n) is 3.69. The highest BCUT2D eigenvalue weighted by Crippen LogP contribution is 2.48. The van der Waals surface area contributed by atoms with Gasteiger partial charge in [-0.15, -0.1) is 0 Å². The van der Waals surface area contributed by atoms with Crippen LogP contribution in [0.5, 0.6) is 0 Å². The van der Waals surface area contributed by atoms with E-state index in [0.29, 0.717) is 10.0 Å². The molecule has 2 aliphatic carbocycles. The number of carboxylic acids is 1. The van der Waals surface area contributed by atoms with Crippen LogP contribution < -0.4 is 5.32 Å². The van der Waals surface area contributed by atoms with Crippen LogP contribution in [0, 0.1) is 23.7 Å². The van der Waals surface area contributed by atoms with Crippen molar-refractivity contribution in [2.24, 2.45) is 23.7 Å². The molecule has 23 heavy (non-hydrogen) atoms.